The molecular weight excluding hydrogens is 325 g/mol. The summed E-state index contributed by atoms with van der Waals surface area (Å²) in [5, 5.41) is 5.33. The van der Waals surface area contributed by atoms with Crippen molar-refractivity contribution in [2.45, 2.75) is 13.0 Å². The van der Waals surface area contributed by atoms with Crippen molar-refractivity contribution in [2.75, 3.05) is 38.2 Å². The molecule has 1 aromatic carbocycles. The number of urea groups is 1. The predicted octanol–water partition coefficient (Wildman–Crippen LogP) is 2.92. The summed E-state index contributed by atoms with van der Waals surface area (Å²) in [4.78, 5) is 14.3. The van der Waals surface area contributed by atoms with E-state index in [4.69, 9.17) is 9.15 Å². The highest BCUT2D eigenvalue weighted by Gasteiger charge is 2.25. The molecule has 6 nitrogen and oxygen atoms in total. The highest BCUT2D eigenvalue weighted by atomic mass is 19.1. The van der Waals surface area contributed by atoms with E-state index in [9.17, 15) is 9.18 Å². The average molecular weight is 347 g/mol. The molecule has 1 atom stereocenters. The molecule has 0 unspecified atom stereocenters. The molecule has 2 heterocycles. The summed E-state index contributed by atoms with van der Waals surface area (Å²) in [5.74, 6) is 1.15. The second kappa shape index (κ2) is 8.13. The van der Waals surface area contributed by atoms with E-state index in [1.807, 2.05) is 19.1 Å². The van der Waals surface area contributed by atoms with E-state index in [1.54, 1.807) is 12.1 Å². The molecular formula is C18H22FN3O3. The third kappa shape index (κ3) is 4.58. The first-order chi connectivity index (χ1) is 12.1. The van der Waals surface area contributed by atoms with Gasteiger partial charge in [-0.05, 0) is 31.2 Å². The van der Waals surface area contributed by atoms with Gasteiger partial charge in [0, 0.05) is 19.6 Å². The molecule has 0 spiro atoms. The second-order valence-electron chi connectivity index (χ2n) is 5.93. The summed E-state index contributed by atoms with van der Waals surface area (Å²) in [6.07, 6.45) is 0. The van der Waals surface area contributed by atoms with Gasteiger partial charge >= 0.3 is 6.03 Å². The van der Waals surface area contributed by atoms with Crippen LogP contribution in [0.5, 0.6) is 0 Å². The molecule has 0 saturated carbocycles. The minimum atomic E-state index is -0.468. The van der Waals surface area contributed by atoms with Crippen LogP contribution in [0, 0.1) is 12.7 Å². The average Bonchev–Trinajstić information content (AvgIpc) is 3.04. The summed E-state index contributed by atoms with van der Waals surface area (Å²) >= 11 is 0. The molecule has 1 aliphatic heterocycles. The van der Waals surface area contributed by atoms with Gasteiger partial charge in [-0.3, -0.25) is 4.90 Å². The van der Waals surface area contributed by atoms with Gasteiger partial charge in [0.05, 0.1) is 24.9 Å². The molecule has 2 N–H and O–H groups in total. The summed E-state index contributed by atoms with van der Waals surface area (Å²) in [6, 6.07) is 9.35. The van der Waals surface area contributed by atoms with E-state index in [2.05, 4.69) is 15.5 Å². The van der Waals surface area contributed by atoms with Crippen LogP contribution in [-0.2, 0) is 4.74 Å². The maximum Gasteiger partial charge on any atom is 0.319 e. The largest absolute Gasteiger partial charge is 0.465 e. The Hall–Kier alpha value is -2.38. The monoisotopic (exact) mass is 347 g/mol. The zero-order chi connectivity index (χ0) is 17.6. The lowest BCUT2D eigenvalue weighted by Crippen LogP contribution is -2.44. The van der Waals surface area contributed by atoms with Crippen LogP contribution in [0.25, 0.3) is 0 Å². The normalized spacial score (nSPS) is 16.4. The number of carbonyl (C=O) groups is 1. The molecule has 1 fully saturated rings. The Kier molecular flexibility index (Phi) is 5.67. The van der Waals surface area contributed by atoms with Gasteiger partial charge in [0.25, 0.3) is 0 Å². The van der Waals surface area contributed by atoms with Gasteiger partial charge in [-0.25, -0.2) is 9.18 Å². The third-order valence-corrected chi connectivity index (χ3v) is 4.15. The van der Waals surface area contributed by atoms with Crippen LogP contribution in [0.1, 0.15) is 17.6 Å². The molecule has 1 saturated heterocycles. The van der Waals surface area contributed by atoms with E-state index in [-0.39, 0.29) is 11.7 Å². The fraction of sp³-hybridized carbons (Fsp3) is 0.389. The predicted molar refractivity (Wildman–Crippen MR) is 92.0 cm³/mol. The summed E-state index contributed by atoms with van der Waals surface area (Å²) in [5.41, 5.74) is 0.150. The quantitative estimate of drug-likeness (QED) is 0.873. The van der Waals surface area contributed by atoms with Crippen LogP contribution in [0.2, 0.25) is 0 Å². The molecule has 25 heavy (non-hydrogen) atoms. The highest BCUT2D eigenvalue weighted by Crippen LogP contribution is 2.23. The maximum absolute atomic E-state index is 13.6. The Bertz CT molecular complexity index is 713. The summed E-state index contributed by atoms with van der Waals surface area (Å²) in [6.45, 7) is 5.07. The molecule has 134 valence electrons. The number of hydrogen-bond acceptors (Lipinski definition) is 4. The topological polar surface area (TPSA) is 66.7 Å². The van der Waals surface area contributed by atoms with Gasteiger partial charge in [-0.1, -0.05) is 12.1 Å². The van der Waals surface area contributed by atoms with Gasteiger partial charge in [-0.15, -0.1) is 0 Å². The van der Waals surface area contributed by atoms with Gasteiger partial charge in [-0.2, -0.15) is 0 Å². The molecule has 0 aliphatic carbocycles. The van der Waals surface area contributed by atoms with Crippen LogP contribution in [0.4, 0.5) is 14.9 Å². The smallest absolute Gasteiger partial charge is 0.319 e. The number of hydrogen-bond donors (Lipinski definition) is 2. The van der Waals surface area contributed by atoms with E-state index in [0.29, 0.717) is 19.8 Å². The Balaban J connectivity index is 1.63. The molecule has 3 rings (SSSR count). The Morgan fingerprint density at radius 1 is 1.24 bits per heavy atom. The number of halogens is 1. The number of aryl methyl sites for hydroxylation is 1. The minimum Gasteiger partial charge on any atom is -0.465 e. The van der Waals surface area contributed by atoms with Crippen molar-refractivity contribution in [3.63, 3.8) is 0 Å². The third-order valence-electron chi connectivity index (χ3n) is 4.15. The number of furan rings is 1. The second-order valence-corrected chi connectivity index (χ2v) is 5.93. The van der Waals surface area contributed by atoms with Crippen LogP contribution < -0.4 is 10.6 Å². The van der Waals surface area contributed by atoms with E-state index < -0.39 is 11.8 Å². The van der Waals surface area contributed by atoms with E-state index in [0.717, 1.165) is 24.6 Å². The number of nitrogens with zero attached hydrogens (tertiary/aromatic N) is 1. The molecule has 1 aliphatic rings. The van der Waals surface area contributed by atoms with Crippen LogP contribution in [-0.4, -0.2) is 43.8 Å². The molecule has 0 radical (unpaired) electrons. The first-order valence-electron chi connectivity index (χ1n) is 8.31. The van der Waals surface area contributed by atoms with Crippen molar-refractivity contribution < 1.29 is 18.3 Å². The van der Waals surface area contributed by atoms with Crippen molar-refractivity contribution in [1.82, 2.24) is 10.2 Å². The lowest BCUT2D eigenvalue weighted by atomic mass is 10.1. The van der Waals surface area contributed by atoms with Crippen LogP contribution in [0.15, 0.2) is 40.8 Å². The Labute approximate surface area is 145 Å². The van der Waals surface area contributed by atoms with Gasteiger partial charge in [0.2, 0.25) is 0 Å². The lowest BCUT2D eigenvalue weighted by molar-refractivity contribution is 0.0122. The highest BCUT2D eigenvalue weighted by molar-refractivity contribution is 5.89. The van der Waals surface area contributed by atoms with Gasteiger partial charge in [0.15, 0.2) is 0 Å². The van der Waals surface area contributed by atoms with Crippen molar-refractivity contribution in [2.24, 2.45) is 0 Å². The molecule has 7 heteroatoms. The van der Waals surface area contributed by atoms with Gasteiger partial charge < -0.3 is 19.8 Å². The zero-order valence-corrected chi connectivity index (χ0v) is 14.1. The number of carbonyl (C=O) groups excluding carboxylic acids is 1. The number of rotatable bonds is 5. The first kappa shape index (κ1) is 17.4. The standard InChI is InChI=1S/C18H22FN3O3/c1-13-6-7-17(25-13)16(22-8-10-24-11-9-22)12-20-18(23)21-15-5-3-2-4-14(15)19/h2-7,16H,8-12H2,1H3,(H2,20,21,23)/t16-/m1/s1. The van der Waals surface area contributed by atoms with Crippen LogP contribution in [0.3, 0.4) is 0 Å². The van der Waals surface area contributed by atoms with Crippen molar-refractivity contribution in [1.29, 1.82) is 0 Å². The van der Waals surface area contributed by atoms with Gasteiger partial charge in [0.1, 0.15) is 17.3 Å². The first-order valence-corrected chi connectivity index (χ1v) is 8.31. The number of morpholine rings is 1. The molecule has 0 bridgehead atoms. The number of anilines is 1. The maximum atomic E-state index is 13.6. The summed E-state index contributed by atoms with van der Waals surface area (Å²) < 4.78 is 24.8. The summed E-state index contributed by atoms with van der Waals surface area (Å²) in [7, 11) is 0. The SMILES string of the molecule is Cc1ccc([C@@H](CNC(=O)Nc2ccccc2F)N2CCOCC2)o1. The fourth-order valence-electron chi connectivity index (χ4n) is 2.85. The van der Waals surface area contributed by atoms with E-state index in [1.165, 1.54) is 12.1 Å². The number of ether oxygens (including phenoxy) is 1. The Morgan fingerprint density at radius 3 is 2.68 bits per heavy atom. The van der Waals surface area contributed by atoms with Crippen molar-refractivity contribution in [3.05, 3.63) is 53.7 Å². The molecule has 2 amide bonds. The van der Waals surface area contributed by atoms with Crippen LogP contribution >= 0.6 is 0 Å². The van der Waals surface area contributed by atoms with Crippen molar-refractivity contribution >= 4 is 11.7 Å². The number of para-hydroxylation sites is 1. The lowest BCUT2D eigenvalue weighted by Gasteiger charge is -2.33. The van der Waals surface area contributed by atoms with Crippen molar-refractivity contribution in [3.8, 4) is 0 Å². The number of benzene rings is 1. The minimum absolute atomic E-state index is 0.0935. The Morgan fingerprint density at radius 2 is 2.00 bits per heavy atom. The molecule has 2 aromatic rings. The number of nitrogens with one attached hydrogen (secondary N) is 2. The number of amides is 2. The molecule has 1 aromatic heterocycles. The van der Waals surface area contributed by atoms with E-state index >= 15 is 0 Å². The zero-order valence-electron chi connectivity index (χ0n) is 14.1. The fourth-order valence-corrected chi connectivity index (χ4v) is 2.85.